The fourth-order valence-electron chi connectivity index (χ4n) is 4.42. The molecule has 130 valence electrons. The van der Waals surface area contributed by atoms with Crippen molar-refractivity contribution in [1.82, 2.24) is 0 Å². The van der Waals surface area contributed by atoms with E-state index < -0.39 is 29.5 Å². The van der Waals surface area contributed by atoms with Gasteiger partial charge in [0.05, 0.1) is 25.2 Å². The number of fused-ring (bicyclic) bond motifs is 1. The molecule has 1 spiro atoms. The van der Waals surface area contributed by atoms with Crippen LogP contribution in [0.4, 0.5) is 5.69 Å². The van der Waals surface area contributed by atoms with E-state index in [9.17, 15) is 14.7 Å². The van der Waals surface area contributed by atoms with E-state index in [4.69, 9.17) is 9.47 Å². The normalized spacial score (nSPS) is 35.1. The number of hydrogen-bond donors (Lipinski definition) is 0. The van der Waals surface area contributed by atoms with Crippen molar-refractivity contribution in [3.63, 3.8) is 0 Å². The van der Waals surface area contributed by atoms with Crippen molar-refractivity contribution in [2.24, 2.45) is 11.8 Å². The number of ether oxygens (including phenoxy) is 2. The molecule has 1 aromatic carbocycles. The summed E-state index contributed by atoms with van der Waals surface area (Å²) in [5, 5.41) is 11.6. The fraction of sp³-hybridized carbons (Fsp3) is 0.368. The first-order chi connectivity index (χ1) is 12.0. The van der Waals surface area contributed by atoms with Gasteiger partial charge in [0, 0.05) is 17.6 Å². The molecule has 4 rings (SSSR count). The third-order valence-corrected chi connectivity index (χ3v) is 5.43. The smallest absolute Gasteiger partial charge is 0.234 e. The molecule has 3 heterocycles. The van der Waals surface area contributed by atoms with Crippen molar-refractivity contribution in [3.8, 4) is 5.75 Å². The molecule has 0 N–H and O–H groups in total. The number of benzene rings is 1. The van der Waals surface area contributed by atoms with Crippen LogP contribution in [0.3, 0.4) is 0 Å². The lowest BCUT2D eigenvalue weighted by molar-refractivity contribution is -0.313. The molecular weight excluding hydrogens is 322 g/mol. The highest BCUT2D eigenvalue weighted by Gasteiger charge is 2.69. The molecule has 3 aliphatic rings. The summed E-state index contributed by atoms with van der Waals surface area (Å²) in [5.41, 5.74) is -0.264. The standard InChI is InChI=1S/C19H19NO5/c1-3-4-14-19-10-9-13(25-19)15(18(22)23)16(19)17(21)20(14)11-5-7-12(24-2)8-6-11/h3,5-10,13-16H,1,4H2,2H3,(H,22,23)/p-1/t13-,14+,15-,16+,19+/m0/s1. The minimum Gasteiger partial charge on any atom is -0.550 e. The number of methoxy groups -OCH3 is 1. The van der Waals surface area contributed by atoms with E-state index in [1.165, 1.54) is 0 Å². The average molecular weight is 340 g/mol. The number of carboxylic acids is 1. The van der Waals surface area contributed by atoms with Crippen molar-refractivity contribution in [2.75, 3.05) is 12.0 Å². The van der Waals surface area contributed by atoms with Gasteiger partial charge in [-0.3, -0.25) is 4.79 Å². The third-order valence-electron chi connectivity index (χ3n) is 5.43. The van der Waals surface area contributed by atoms with Crippen LogP contribution in [0.5, 0.6) is 5.75 Å². The zero-order chi connectivity index (χ0) is 17.8. The van der Waals surface area contributed by atoms with E-state index in [-0.39, 0.29) is 11.9 Å². The molecule has 25 heavy (non-hydrogen) atoms. The van der Waals surface area contributed by atoms with E-state index in [2.05, 4.69) is 6.58 Å². The number of aliphatic carboxylic acids is 1. The second kappa shape index (κ2) is 5.46. The fourth-order valence-corrected chi connectivity index (χ4v) is 4.42. The van der Waals surface area contributed by atoms with Crippen LogP contribution in [0.25, 0.3) is 0 Å². The van der Waals surface area contributed by atoms with Crippen molar-refractivity contribution < 1.29 is 24.2 Å². The van der Waals surface area contributed by atoms with Crippen molar-refractivity contribution >= 4 is 17.6 Å². The number of rotatable bonds is 5. The first kappa shape index (κ1) is 15.9. The summed E-state index contributed by atoms with van der Waals surface area (Å²) in [4.78, 5) is 26.4. The molecule has 6 nitrogen and oxygen atoms in total. The Kier molecular flexibility index (Phi) is 3.47. The van der Waals surface area contributed by atoms with Crippen LogP contribution >= 0.6 is 0 Å². The van der Waals surface area contributed by atoms with Crippen molar-refractivity contribution in [1.29, 1.82) is 0 Å². The summed E-state index contributed by atoms with van der Waals surface area (Å²) >= 11 is 0. The molecule has 2 bridgehead atoms. The Morgan fingerprint density at radius 1 is 1.44 bits per heavy atom. The van der Waals surface area contributed by atoms with Gasteiger partial charge in [-0.1, -0.05) is 18.2 Å². The number of anilines is 1. The Balaban J connectivity index is 1.80. The lowest BCUT2D eigenvalue weighted by Gasteiger charge is -2.32. The number of nitrogens with zero attached hydrogens (tertiary/aromatic N) is 1. The van der Waals surface area contributed by atoms with Gasteiger partial charge in [0.25, 0.3) is 0 Å². The Morgan fingerprint density at radius 2 is 2.16 bits per heavy atom. The molecule has 1 amide bonds. The summed E-state index contributed by atoms with van der Waals surface area (Å²) < 4.78 is 11.2. The zero-order valence-corrected chi connectivity index (χ0v) is 13.8. The van der Waals surface area contributed by atoms with Crippen LogP contribution < -0.4 is 14.7 Å². The quantitative estimate of drug-likeness (QED) is 0.737. The highest BCUT2D eigenvalue weighted by molar-refractivity contribution is 6.03. The lowest BCUT2D eigenvalue weighted by atomic mass is 9.74. The molecule has 0 aromatic heterocycles. The Bertz CT molecular complexity index is 771. The molecule has 2 saturated heterocycles. The molecule has 5 atom stereocenters. The van der Waals surface area contributed by atoms with Gasteiger partial charge in [-0.05, 0) is 30.7 Å². The molecule has 0 radical (unpaired) electrons. The van der Waals surface area contributed by atoms with Gasteiger partial charge in [-0.15, -0.1) is 6.58 Å². The summed E-state index contributed by atoms with van der Waals surface area (Å²) in [6, 6.07) is 6.76. The highest BCUT2D eigenvalue weighted by atomic mass is 16.5. The zero-order valence-electron chi connectivity index (χ0n) is 13.8. The molecule has 2 fully saturated rings. The first-order valence-electron chi connectivity index (χ1n) is 8.19. The van der Waals surface area contributed by atoms with E-state index in [1.807, 2.05) is 6.08 Å². The molecule has 0 aliphatic carbocycles. The van der Waals surface area contributed by atoms with Gasteiger partial charge in [0.15, 0.2) is 0 Å². The number of carbonyl (C=O) groups is 2. The van der Waals surface area contributed by atoms with Gasteiger partial charge < -0.3 is 24.3 Å². The second-order valence-corrected chi connectivity index (χ2v) is 6.56. The van der Waals surface area contributed by atoms with Crippen LogP contribution in [0.1, 0.15) is 6.42 Å². The minimum absolute atomic E-state index is 0.252. The third kappa shape index (κ3) is 2.00. The molecular formula is C19H18NO5-. The lowest BCUT2D eigenvalue weighted by Crippen LogP contribution is -2.46. The monoisotopic (exact) mass is 340 g/mol. The van der Waals surface area contributed by atoms with Crippen LogP contribution in [0, 0.1) is 11.8 Å². The summed E-state index contributed by atoms with van der Waals surface area (Å²) in [6.07, 6.45) is 5.19. The van der Waals surface area contributed by atoms with E-state index in [1.54, 1.807) is 48.4 Å². The highest BCUT2D eigenvalue weighted by Crippen LogP contribution is 2.56. The molecule has 0 saturated carbocycles. The van der Waals surface area contributed by atoms with Crippen molar-refractivity contribution in [3.05, 3.63) is 49.1 Å². The Hall–Kier alpha value is -2.60. The maximum atomic E-state index is 13.2. The predicted octanol–water partition coefficient (Wildman–Crippen LogP) is 0.676. The predicted molar refractivity (Wildman–Crippen MR) is 87.8 cm³/mol. The number of hydrogen-bond acceptors (Lipinski definition) is 5. The van der Waals surface area contributed by atoms with Crippen LogP contribution in [-0.4, -0.2) is 36.7 Å². The molecule has 1 aromatic rings. The summed E-state index contributed by atoms with van der Waals surface area (Å²) in [7, 11) is 1.57. The Labute approximate surface area is 145 Å². The SMILES string of the molecule is C=CC[C@H]1N(c2ccc(OC)cc2)C(=O)[C@H]2[C@@H](C(=O)[O-])[C@@H]3C=C[C@]21O3. The maximum Gasteiger partial charge on any atom is 0.234 e. The van der Waals surface area contributed by atoms with Crippen LogP contribution in [0.15, 0.2) is 49.1 Å². The first-order valence-corrected chi connectivity index (χ1v) is 8.19. The van der Waals surface area contributed by atoms with Gasteiger partial charge >= 0.3 is 0 Å². The van der Waals surface area contributed by atoms with Gasteiger partial charge in [-0.2, -0.15) is 0 Å². The van der Waals surface area contributed by atoms with Gasteiger partial charge in [0.2, 0.25) is 5.91 Å². The van der Waals surface area contributed by atoms with Gasteiger partial charge in [-0.25, -0.2) is 0 Å². The molecule has 3 aliphatic heterocycles. The van der Waals surface area contributed by atoms with E-state index in [0.717, 1.165) is 0 Å². The van der Waals surface area contributed by atoms with E-state index >= 15 is 0 Å². The number of amides is 1. The van der Waals surface area contributed by atoms with Crippen LogP contribution in [-0.2, 0) is 14.3 Å². The Morgan fingerprint density at radius 3 is 2.76 bits per heavy atom. The molecule has 0 unspecified atom stereocenters. The van der Waals surface area contributed by atoms with Crippen LogP contribution in [0.2, 0.25) is 0 Å². The average Bonchev–Trinajstić information content (AvgIpc) is 3.24. The number of carbonyl (C=O) groups excluding carboxylic acids is 2. The summed E-state index contributed by atoms with van der Waals surface area (Å²) in [5.74, 6) is -2.56. The molecule has 6 heteroatoms. The summed E-state index contributed by atoms with van der Waals surface area (Å²) in [6.45, 7) is 3.79. The number of carboxylic acid groups (broad SMARTS) is 1. The topological polar surface area (TPSA) is 78.9 Å². The van der Waals surface area contributed by atoms with Gasteiger partial charge in [0.1, 0.15) is 11.4 Å². The maximum absolute atomic E-state index is 13.2. The second-order valence-electron chi connectivity index (χ2n) is 6.56. The largest absolute Gasteiger partial charge is 0.550 e. The van der Waals surface area contributed by atoms with E-state index in [0.29, 0.717) is 17.9 Å². The minimum atomic E-state index is -1.25. The van der Waals surface area contributed by atoms with Crippen molar-refractivity contribution in [2.45, 2.75) is 24.2 Å².